The smallest absolute Gasteiger partial charge is 0.395 e. The van der Waals surface area contributed by atoms with E-state index in [4.69, 9.17) is 90.6 Å². The summed E-state index contributed by atoms with van der Waals surface area (Å²) in [6.45, 7) is 22.1. The number of primary amides is 2. The van der Waals surface area contributed by atoms with Gasteiger partial charge in [-0.1, -0.05) is 0 Å². The summed E-state index contributed by atoms with van der Waals surface area (Å²) >= 11 is 0. The Labute approximate surface area is 433 Å². The van der Waals surface area contributed by atoms with Crippen LogP contribution in [0.25, 0.3) is 0 Å². The molecule has 25 nitrogen and oxygen atoms in total. The van der Waals surface area contributed by atoms with Crippen molar-refractivity contribution >= 4 is 55.8 Å². The number of carbonyl (C=O) groups is 2. The summed E-state index contributed by atoms with van der Waals surface area (Å²) in [4.78, 5) is 23.7. The molecule has 0 saturated carbocycles. The summed E-state index contributed by atoms with van der Waals surface area (Å²) in [5.41, 5.74) is 26.6. The van der Waals surface area contributed by atoms with E-state index in [0.717, 1.165) is 109 Å². The van der Waals surface area contributed by atoms with Crippen LogP contribution in [-0.4, -0.2) is 223 Å². The molecule has 428 valence electrons. The fourth-order valence-electron chi connectivity index (χ4n) is 7.55. The van der Waals surface area contributed by atoms with Gasteiger partial charge in [-0.25, -0.2) is 19.4 Å². The molecular weight excluding hydrogens is 1010 g/mol. The maximum Gasteiger partial charge on any atom is 0.563 e. The number of hydrogen-bond acceptors (Lipinski definition) is 21. The van der Waals surface area contributed by atoms with E-state index >= 15 is 0 Å². The Kier molecular flexibility index (Phi) is 46.5. The van der Waals surface area contributed by atoms with Crippen molar-refractivity contribution in [3.63, 3.8) is 0 Å². The average molecular weight is 1120 g/mol. The average Bonchev–Trinajstić information content (AvgIpc) is 3.33. The van der Waals surface area contributed by atoms with Gasteiger partial charge in [0.05, 0.1) is 25.9 Å². The van der Waals surface area contributed by atoms with Gasteiger partial charge in [-0.2, -0.15) is 0 Å². The Hall–Kier alpha value is -0.816. The summed E-state index contributed by atoms with van der Waals surface area (Å²) in [5, 5.41) is 6.56. The van der Waals surface area contributed by atoms with Crippen LogP contribution in [0.2, 0.25) is 24.7 Å². The van der Waals surface area contributed by atoms with Crippen molar-refractivity contribution in [1.82, 2.24) is 10.6 Å². The van der Waals surface area contributed by atoms with Gasteiger partial charge in [0.15, 0.2) is 11.3 Å². The van der Waals surface area contributed by atoms with E-state index < -0.39 is 43.8 Å². The lowest BCUT2D eigenvalue weighted by Crippen LogP contribution is -3.28. The second-order valence-electron chi connectivity index (χ2n) is 15.8. The van der Waals surface area contributed by atoms with Gasteiger partial charge in [0.1, 0.15) is 0 Å². The predicted octanol–water partition coefficient (Wildman–Crippen LogP) is -1.46. The molecule has 71 heavy (non-hydrogen) atoms. The van der Waals surface area contributed by atoms with Gasteiger partial charge in [-0.15, -0.1) is 0 Å². The summed E-state index contributed by atoms with van der Waals surface area (Å²) in [6, 6.07) is 1.90. The van der Waals surface area contributed by atoms with E-state index in [1.54, 1.807) is 42.7 Å². The summed E-state index contributed by atoms with van der Waals surface area (Å²) in [5.74, 6) is 0. The van der Waals surface area contributed by atoms with Crippen molar-refractivity contribution < 1.29 is 81.4 Å². The molecule has 2 rings (SSSR count). The second kappa shape index (κ2) is 44.3. The Morgan fingerprint density at radius 3 is 1.08 bits per heavy atom. The van der Waals surface area contributed by atoms with Crippen LogP contribution in [0.15, 0.2) is 0 Å². The van der Waals surface area contributed by atoms with Gasteiger partial charge in [-0.05, 0) is 86.1 Å². The van der Waals surface area contributed by atoms with Gasteiger partial charge >= 0.3 is 55.8 Å². The molecular formula is C41H105N9O16Si5+2. The van der Waals surface area contributed by atoms with E-state index in [1.807, 2.05) is 34.6 Å². The molecule has 4 unspecified atom stereocenters. The second-order valence-corrected chi connectivity index (χ2v) is 31.3. The number of urea groups is 2. The first kappa shape index (κ1) is 74.4. The van der Waals surface area contributed by atoms with E-state index in [-0.39, 0.29) is 23.4 Å². The van der Waals surface area contributed by atoms with Crippen LogP contribution in [0.3, 0.4) is 0 Å². The zero-order valence-electron chi connectivity index (χ0n) is 46.6. The van der Waals surface area contributed by atoms with Crippen LogP contribution in [0.5, 0.6) is 0 Å². The number of carbonyl (C=O) groups excluding carboxylic acids is 2. The first-order chi connectivity index (χ1) is 33.9. The van der Waals surface area contributed by atoms with Crippen molar-refractivity contribution in [2.75, 3.05) is 156 Å². The molecule has 0 aromatic carbocycles. The monoisotopic (exact) mass is 1120 g/mol. The van der Waals surface area contributed by atoms with E-state index in [9.17, 15) is 9.59 Å². The highest BCUT2D eigenvalue weighted by Crippen LogP contribution is 2.20. The SMILES string of the molecule is CCO[Si](C)(CCCN)OCC.CCO[Si](OCC)(OCC)C1CC[NH+]1C(N)=O.CO[Si](CCCN)(OC)OC.CO[Si](CCCNCCNCCN)(OC)OC.CO[Si](OC)(OC)C1CC[NH+]1C(N)=O. The zero-order chi connectivity index (χ0) is 54.8. The number of quaternary nitrogens is 2. The minimum Gasteiger partial charge on any atom is -0.395 e. The zero-order valence-corrected chi connectivity index (χ0v) is 51.6. The van der Waals surface area contributed by atoms with Gasteiger partial charge in [0.2, 0.25) is 0 Å². The van der Waals surface area contributed by atoms with E-state index in [2.05, 4.69) is 17.2 Å². The molecule has 0 aromatic heterocycles. The molecule has 2 fully saturated rings. The molecule has 30 heteroatoms. The van der Waals surface area contributed by atoms with Crippen LogP contribution in [0.1, 0.15) is 66.7 Å². The van der Waals surface area contributed by atoms with Crippen LogP contribution in [0, 0.1) is 0 Å². The highest BCUT2D eigenvalue weighted by molar-refractivity contribution is 6.66. The van der Waals surface area contributed by atoms with Crippen molar-refractivity contribution in [3.05, 3.63) is 0 Å². The molecule has 0 radical (unpaired) electrons. The molecule has 2 heterocycles. The molecule has 14 N–H and O–H groups in total. The first-order valence-electron chi connectivity index (χ1n) is 24.9. The van der Waals surface area contributed by atoms with E-state index in [0.29, 0.717) is 42.7 Å². The van der Waals surface area contributed by atoms with Crippen molar-refractivity contribution in [1.29, 1.82) is 0 Å². The van der Waals surface area contributed by atoms with Crippen molar-refractivity contribution in [2.24, 2.45) is 28.7 Å². The molecule has 0 aliphatic carbocycles. The third-order valence-corrected chi connectivity index (χ3v) is 27.0. The largest absolute Gasteiger partial charge is 0.563 e. The fraction of sp³-hybridized carbons (Fsp3) is 0.951. The highest BCUT2D eigenvalue weighted by atomic mass is 28.4. The molecule has 0 aromatic rings. The Morgan fingerprint density at radius 2 is 0.803 bits per heavy atom. The quantitative estimate of drug-likeness (QED) is 0.0256. The van der Waals surface area contributed by atoms with Gasteiger partial charge in [0.25, 0.3) is 0 Å². The molecule has 2 aliphatic rings. The fourth-order valence-corrected chi connectivity index (χ4v) is 19.3. The van der Waals surface area contributed by atoms with Crippen LogP contribution in [0.4, 0.5) is 9.59 Å². The van der Waals surface area contributed by atoms with Crippen LogP contribution in [-0.2, 0) is 62.0 Å². The standard InChI is InChI=1S/C10H27N3O3Si.C10H22N2O4Si.C8H21NO2Si.C7H16N2O4Si.C6H17NO3Si/c1-14-17(15-2,16-3)10-4-6-12-8-9-13-7-5-11;1-4-14-17(15-5-2,16-6-3)9-7-8-12(9)10(11)13;1-4-10-12(3,11-5-2)8-6-7-9;1-11-14(12-2,13-3)6-4-5-9(6)7(8)10;1-8-11(9-2,10-3)6-4-5-7/h12-13H,4-11H2,1-3H3;9H,4-8H2,1-3H3,(H2,11,13);4-9H2,1-3H3;6H,4-5H2,1-3H3,(H2,8,10);4-7H2,1-3H3/p+2. The Morgan fingerprint density at radius 1 is 0.465 bits per heavy atom. The molecule has 4 atom stereocenters. The number of hydrogen-bond donors (Lipinski definition) is 9. The molecule has 2 aliphatic heterocycles. The lowest BCUT2D eigenvalue weighted by Gasteiger charge is -2.42. The number of rotatable bonds is 36. The lowest BCUT2D eigenvalue weighted by atomic mass is 10.2. The Balaban J connectivity index is -0.000000823. The molecule has 4 amide bonds. The maximum atomic E-state index is 11.3. The van der Waals surface area contributed by atoms with Crippen LogP contribution < -0.4 is 49.1 Å². The summed E-state index contributed by atoms with van der Waals surface area (Å²) < 4.78 is 75.9. The number of amides is 4. The Bertz CT molecular complexity index is 1240. The summed E-state index contributed by atoms with van der Waals surface area (Å²) in [7, 11) is 2.35. The third-order valence-electron chi connectivity index (χ3n) is 11.5. The summed E-state index contributed by atoms with van der Waals surface area (Å²) in [6.07, 6.45) is 4.58. The van der Waals surface area contributed by atoms with Crippen LogP contribution >= 0.6 is 0 Å². The van der Waals surface area contributed by atoms with Crippen molar-refractivity contribution in [3.8, 4) is 0 Å². The van der Waals surface area contributed by atoms with Gasteiger partial charge in [0, 0.05) is 135 Å². The van der Waals surface area contributed by atoms with Gasteiger partial charge in [-0.3, -0.25) is 0 Å². The molecule has 0 bridgehead atoms. The number of nitrogens with one attached hydrogen (secondary N) is 4. The third kappa shape index (κ3) is 28.2. The highest BCUT2D eigenvalue weighted by Gasteiger charge is 2.62. The number of nitrogens with two attached hydrogens (primary N) is 5. The number of likely N-dealkylation sites (tertiary alicyclic amines) is 2. The minimum absolute atomic E-state index is 0.0418. The maximum absolute atomic E-state index is 11.3. The predicted molar refractivity (Wildman–Crippen MR) is 285 cm³/mol. The molecule has 2 saturated heterocycles. The van der Waals surface area contributed by atoms with E-state index in [1.165, 1.54) is 21.3 Å². The minimum atomic E-state index is -2.78. The lowest BCUT2D eigenvalue weighted by molar-refractivity contribution is -0.877. The first-order valence-corrected chi connectivity index (χ1v) is 34.9. The molecule has 0 spiro atoms. The topological polar surface area (TPSA) is 326 Å². The normalized spacial score (nSPS) is 17.9. The van der Waals surface area contributed by atoms with Crippen molar-refractivity contribution in [2.45, 2.75) is 103 Å². The van der Waals surface area contributed by atoms with Gasteiger partial charge < -0.3 is 101 Å².